The van der Waals surface area contributed by atoms with Crippen molar-refractivity contribution in [3.05, 3.63) is 65.7 Å². The molecule has 0 bridgehead atoms. The van der Waals surface area contributed by atoms with Crippen LogP contribution in [0, 0.1) is 0 Å². The molecule has 2 aromatic rings. The number of carboxylic acid groups (broad SMARTS) is 1. The molecule has 2 fully saturated rings. The Morgan fingerprint density at radius 1 is 1.00 bits per heavy atom. The van der Waals surface area contributed by atoms with Crippen LogP contribution < -0.4 is 15.5 Å². The number of amides is 5. The Morgan fingerprint density at radius 2 is 1.71 bits per heavy atom. The van der Waals surface area contributed by atoms with Crippen LogP contribution in [0.2, 0.25) is 0 Å². The van der Waals surface area contributed by atoms with E-state index >= 15 is 0 Å². The third-order valence-electron chi connectivity index (χ3n) is 6.43. The lowest BCUT2D eigenvalue weighted by Crippen LogP contribution is -2.64. The molecule has 214 valence electrons. The summed E-state index contributed by atoms with van der Waals surface area (Å²) in [7, 11) is 0. The summed E-state index contributed by atoms with van der Waals surface area (Å²) in [6.45, 7) is -0.0148. The van der Waals surface area contributed by atoms with Crippen molar-refractivity contribution in [2.45, 2.75) is 37.8 Å². The third-order valence-corrected chi connectivity index (χ3v) is 6.43. The van der Waals surface area contributed by atoms with Gasteiger partial charge >= 0.3 is 18.0 Å². The number of nitrogens with zero attached hydrogens (tertiary/aromatic N) is 3. The van der Waals surface area contributed by atoms with Crippen molar-refractivity contribution in [2.24, 2.45) is 0 Å². The van der Waals surface area contributed by atoms with Gasteiger partial charge in [0.15, 0.2) is 0 Å². The molecule has 5 amide bonds. The molecule has 0 aromatic heterocycles. The maximum Gasteiger partial charge on any atom is 0.358 e. The van der Waals surface area contributed by atoms with E-state index in [0.29, 0.717) is 12.0 Å². The Morgan fingerprint density at radius 3 is 2.37 bits per heavy atom. The molecule has 2 aliphatic rings. The average Bonchev–Trinajstić information content (AvgIpc) is 3.09. The molecule has 2 aliphatic heterocycles. The van der Waals surface area contributed by atoms with Crippen LogP contribution in [0.25, 0.3) is 0 Å². The first-order valence-corrected chi connectivity index (χ1v) is 12.7. The molecule has 0 radical (unpaired) electrons. The van der Waals surface area contributed by atoms with Crippen molar-refractivity contribution in [1.82, 2.24) is 25.8 Å². The van der Waals surface area contributed by atoms with Crippen LogP contribution in [0.5, 0.6) is 5.75 Å². The molecule has 3 N–H and O–H groups in total. The zero-order valence-electron chi connectivity index (χ0n) is 21.7. The highest BCUT2D eigenvalue weighted by Crippen LogP contribution is 2.24. The lowest BCUT2D eigenvalue weighted by molar-refractivity contribution is -0.155. The number of rotatable bonds is 9. The fourth-order valence-corrected chi connectivity index (χ4v) is 4.42. The number of carbonyl (C=O) groups is 7. The maximum absolute atomic E-state index is 13.5. The van der Waals surface area contributed by atoms with Gasteiger partial charge in [0.25, 0.3) is 5.91 Å². The molecular formula is C27H27N5O9. The van der Waals surface area contributed by atoms with E-state index in [1.165, 1.54) is 24.3 Å². The molecule has 4 rings (SSSR count). The number of benzene rings is 2. The quantitative estimate of drug-likeness (QED) is 0.224. The normalized spacial score (nSPS) is 17.6. The molecule has 0 aliphatic carbocycles. The summed E-state index contributed by atoms with van der Waals surface area (Å²) in [4.78, 5) is 86.7. The zero-order chi connectivity index (χ0) is 29.5. The van der Waals surface area contributed by atoms with Crippen LogP contribution in [0.15, 0.2) is 54.6 Å². The Bertz CT molecular complexity index is 1350. The molecule has 0 saturated carbocycles. The molecule has 2 aromatic carbocycles. The van der Waals surface area contributed by atoms with E-state index in [0.717, 1.165) is 15.0 Å². The van der Waals surface area contributed by atoms with E-state index in [2.05, 4.69) is 10.7 Å². The van der Waals surface area contributed by atoms with Crippen LogP contribution >= 0.6 is 0 Å². The molecule has 41 heavy (non-hydrogen) atoms. The first kappa shape index (κ1) is 28.7. The summed E-state index contributed by atoms with van der Waals surface area (Å²) in [5, 5.41) is 14.2. The lowest BCUT2D eigenvalue weighted by Gasteiger charge is -2.42. The number of hydrazine groups is 2. The summed E-state index contributed by atoms with van der Waals surface area (Å²) in [6, 6.07) is 10.6. The smallest absolute Gasteiger partial charge is 0.358 e. The highest BCUT2D eigenvalue weighted by Gasteiger charge is 2.44. The fourth-order valence-electron chi connectivity index (χ4n) is 4.42. The van der Waals surface area contributed by atoms with Crippen molar-refractivity contribution >= 4 is 42.0 Å². The first-order chi connectivity index (χ1) is 19.7. The molecule has 0 spiro atoms. The van der Waals surface area contributed by atoms with Crippen molar-refractivity contribution in [3.63, 3.8) is 0 Å². The van der Waals surface area contributed by atoms with Gasteiger partial charge in [-0.15, -0.1) is 0 Å². The number of carboxylic acids is 1. The lowest BCUT2D eigenvalue weighted by atomic mass is 10.1. The predicted molar refractivity (Wildman–Crippen MR) is 139 cm³/mol. The maximum atomic E-state index is 13.5. The van der Waals surface area contributed by atoms with Gasteiger partial charge in [0.2, 0.25) is 11.8 Å². The number of urea groups is 1. The number of hydrogen-bond donors (Lipinski definition) is 3. The standard InChI is InChI=1S/C27H27N5O9/c33-16-19(15-23(35)36)28-25(38)21-7-4-13-31-22(34)12-14-30(27(40)32(21)31)29-24(37)17-8-10-20(11-9-17)41-26(39)18-5-2-1-3-6-18/h1-3,5-6,8-11,16,19,21H,4,7,12-15H2,(H,28,38)(H,29,37)(H,35,36)/t19-,21-/m0/s1. The first-order valence-electron chi connectivity index (χ1n) is 12.7. The van der Waals surface area contributed by atoms with E-state index in [9.17, 15) is 33.6 Å². The van der Waals surface area contributed by atoms with Gasteiger partial charge in [-0.05, 0) is 49.2 Å². The third kappa shape index (κ3) is 6.84. The number of aldehydes is 1. The van der Waals surface area contributed by atoms with E-state index in [1.807, 2.05) is 0 Å². The molecule has 0 unspecified atom stereocenters. The van der Waals surface area contributed by atoms with E-state index in [-0.39, 0.29) is 43.5 Å². The summed E-state index contributed by atoms with van der Waals surface area (Å²) < 4.78 is 5.30. The molecule has 2 saturated heterocycles. The van der Waals surface area contributed by atoms with Gasteiger partial charge < -0.3 is 20.0 Å². The molecule has 2 atom stereocenters. The predicted octanol–water partition coefficient (Wildman–Crippen LogP) is 0.743. The monoisotopic (exact) mass is 565 g/mol. The van der Waals surface area contributed by atoms with Gasteiger partial charge in [0.05, 0.1) is 24.6 Å². The Labute approximate surface area is 233 Å². The van der Waals surface area contributed by atoms with Gasteiger partial charge in [-0.3, -0.25) is 24.6 Å². The number of ether oxygens (including phenoxy) is 1. The molecule has 2 heterocycles. The zero-order valence-corrected chi connectivity index (χ0v) is 21.7. The summed E-state index contributed by atoms with van der Waals surface area (Å²) >= 11 is 0. The van der Waals surface area contributed by atoms with Crippen LogP contribution in [0.4, 0.5) is 4.79 Å². The number of hydrogen-bond acceptors (Lipinski definition) is 8. The van der Waals surface area contributed by atoms with Crippen LogP contribution in [0.3, 0.4) is 0 Å². The van der Waals surface area contributed by atoms with Crippen molar-refractivity contribution in [2.75, 3.05) is 13.1 Å². The molecule has 14 heteroatoms. The molecule has 14 nitrogen and oxygen atoms in total. The average molecular weight is 566 g/mol. The van der Waals surface area contributed by atoms with Crippen molar-refractivity contribution in [1.29, 1.82) is 0 Å². The van der Waals surface area contributed by atoms with Crippen molar-refractivity contribution in [3.8, 4) is 5.75 Å². The number of esters is 1. The van der Waals surface area contributed by atoms with E-state index in [1.54, 1.807) is 30.3 Å². The number of fused-ring (bicyclic) bond motifs is 1. The van der Waals surface area contributed by atoms with Gasteiger partial charge in [-0.2, -0.15) is 0 Å². The SMILES string of the molecule is O=C[C@H](CC(=O)O)NC(=O)[C@@H]1CCCN2C(=O)CCN(NC(=O)c3ccc(OC(=O)c4ccccc4)cc3)C(=O)N12. The Balaban J connectivity index is 1.45. The highest BCUT2D eigenvalue weighted by atomic mass is 16.5. The van der Waals surface area contributed by atoms with Crippen LogP contribution in [-0.4, -0.2) is 87.3 Å². The van der Waals surface area contributed by atoms with Gasteiger partial charge in [-0.1, -0.05) is 18.2 Å². The Hall–Kier alpha value is -5.27. The minimum atomic E-state index is -1.32. The second kappa shape index (κ2) is 12.7. The summed E-state index contributed by atoms with van der Waals surface area (Å²) in [5.74, 6) is -3.63. The summed E-state index contributed by atoms with van der Waals surface area (Å²) in [5.41, 5.74) is 2.93. The number of carbonyl (C=O) groups excluding carboxylic acids is 6. The van der Waals surface area contributed by atoms with E-state index < -0.39 is 54.2 Å². The topological polar surface area (TPSA) is 183 Å². The van der Waals surface area contributed by atoms with Crippen molar-refractivity contribution < 1.29 is 43.4 Å². The molecular weight excluding hydrogens is 538 g/mol. The fraction of sp³-hybridized carbons (Fsp3) is 0.296. The van der Waals surface area contributed by atoms with Gasteiger partial charge in [0, 0.05) is 18.5 Å². The Kier molecular flexibility index (Phi) is 8.92. The summed E-state index contributed by atoms with van der Waals surface area (Å²) in [6.07, 6.45) is 0.0193. The van der Waals surface area contributed by atoms with E-state index in [4.69, 9.17) is 9.84 Å². The highest BCUT2D eigenvalue weighted by molar-refractivity contribution is 5.97. The largest absolute Gasteiger partial charge is 0.481 e. The second-order valence-electron chi connectivity index (χ2n) is 9.27. The van der Waals surface area contributed by atoms with Gasteiger partial charge in [-0.25, -0.2) is 24.6 Å². The van der Waals surface area contributed by atoms with Gasteiger partial charge in [0.1, 0.15) is 18.1 Å². The van der Waals surface area contributed by atoms with Crippen LogP contribution in [-0.2, 0) is 19.2 Å². The minimum absolute atomic E-state index is 0.125. The number of nitrogens with one attached hydrogen (secondary N) is 2. The number of aliphatic carboxylic acids is 1. The second-order valence-corrected chi connectivity index (χ2v) is 9.27. The minimum Gasteiger partial charge on any atom is -0.481 e. The van der Waals surface area contributed by atoms with Crippen LogP contribution in [0.1, 0.15) is 46.4 Å².